The van der Waals surface area contributed by atoms with E-state index in [0.29, 0.717) is 17.3 Å². The van der Waals surface area contributed by atoms with Crippen LogP contribution in [0.2, 0.25) is 0 Å². The topological polar surface area (TPSA) is 43.4 Å². The van der Waals surface area contributed by atoms with E-state index in [-0.39, 0.29) is 0 Å². The van der Waals surface area contributed by atoms with Gasteiger partial charge in [-0.15, -0.1) is 0 Å². The van der Waals surface area contributed by atoms with Crippen molar-refractivity contribution in [1.82, 2.24) is 0 Å². The molecule has 0 saturated heterocycles. The summed E-state index contributed by atoms with van der Waals surface area (Å²) < 4.78 is 28.3. The molecule has 0 spiro atoms. The van der Waals surface area contributed by atoms with E-state index in [4.69, 9.17) is 4.74 Å². The van der Waals surface area contributed by atoms with E-state index in [2.05, 4.69) is 12.6 Å². The molecule has 1 aromatic rings. The fourth-order valence-electron chi connectivity index (χ4n) is 1.55. The first-order valence-electron chi connectivity index (χ1n) is 6.08. The lowest BCUT2D eigenvalue weighted by Crippen LogP contribution is -2.00. The van der Waals surface area contributed by atoms with Crippen LogP contribution >= 0.6 is 12.6 Å². The van der Waals surface area contributed by atoms with Gasteiger partial charge in [0, 0.05) is 6.26 Å². The van der Waals surface area contributed by atoms with Crippen molar-refractivity contribution in [1.29, 1.82) is 0 Å². The van der Waals surface area contributed by atoms with Crippen LogP contribution in [0.15, 0.2) is 29.2 Å². The Bertz CT molecular complexity index is 455. The van der Waals surface area contributed by atoms with Gasteiger partial charge in [0.15, 0.2) is 9.84 Å². The molecule has 0 N–H and O–H groups in total. The Kier molecular flexibility index (Phi) is 6.57. The summed E-state index contributed by atoms with van der Waals surface area (Å²) in [6.07, 6.45) is 5.59. The Hall–Kier alpha value is -0.680. The van der Waals surface area contributed by atoms with E-state index in [0.717, 1.165) is 31.4 Å². The van der Waals surface area contributed by atoms with E-state index >= 15 is 0 Å². The molecular weight excluding hydrogens is 268 g/mol. The Labute approximate surface area is 115 Å². The third-order valence-corrected chi connectivity index (χ3v) is 3.98. The first-order chi connectivity index (χ1) is 8.54. The summed E-state index contributed by atoms with van der Waals surface area (Å²) in [6.45, 7) is 0.625. The molecule has 0 atom stereocenters. The third kappa shape index (κ3) is 5.78. The third-order valence-electron chi connectivity index (χ3n) is 2.55. The van der Waals surface area contributed by atoms with Gasteiger partial charge in [0.2, 0.25) is 0 Å². The molecule has 0 bridgehead atoms. The number of hydrogen-bond donors (Lipinski definition) is 1. The maximum absolute atomic E-state index is 11.4. The Morgan fingerprint density at radius 1 is 1.17 bits per heavy atom. The second-order valence-electron chi connectivity index (χ2n) is 4.23. The largest absolute Gasteiger partial charge is 0.494 e. The number of unbranched alkanes of at least 4 members (excludes halogenated alkanes) is 3. The number of thiol groups is 1. The Morgan fingerprint density at radius 2 is 1.89 bits per heavy atom. The van der Waals surface area contributed by atoms with Gasteiger partial charge in [-0.2, -0.15) is 12.6 Å². The predicted octanol–water partition coefficient (Wildman–Crippen LogP) is 2.96. The molecule has 0 fully saturated rings. The van der Waals surface area contributed by atoms with Gasteiger partial charge in [-0.25, -0.2) is 8.42 Å². The predicted molar refractivity (Wildman–Crippen MR) is 77.4 cm³/mol. The number of ether oxygens (including phenoxy) is 1. The van der Waals surface area contributed by atoms with Crippen molar-refractivity contribution >= 4 is 22.5 Å². The average Bonchev–Trinajstić information content (AvgIpc) is 2.33. The quantitative estimate of drug-likeness (QED) is 0.591. The molecule has 1 rings (SSSR count). The number of hydrogen-bond acceptors (Lipinski definition) is 4. The fraction of sp³-hybridized carbons (Fsp3) is 0.538. The first kappa shape index (κ1) is 15.4. The summed E-state index contributed by atoms with van der Waals surface area (Å²) in [4.78, 5) is 0.301. The molecule has 0 heterocycles. The lowest BCUT2D eigenvalue weighted by Gasteiger charge is -2.07. The van der Waals surface area contributed by atoms with Gasteiger partial charge >= 0.3 is 0 Å². The molecule has 0 aromatic heterocycles. The summed E-state index contributed by atoms with van der Waals surface area (Å²) in [7, 11) is -3.16. The van der Waals surface area contributed by atoms with Crippen molar-refractivity contribution < 1.29 is 13.2 Å². The molecule has 3 nitrogen and oxygen atoms in total. The zero-order chi connectivity index (χ0) is 13.4. The molecule has 5 heteroatoms. The van der Waals surface area contributed by atoms with Gasteiger partial charge in [0.05, 0.1) is 11.5 Å². The van der Waals surface area contributed by atoms with Crippen LogP contribution < -0.4 is 4.74 Å². The lowest BCUT2D eigenvalue weighted by atomic mass is 10.2. The number of sulfone groups is 1. The number of rotatable bonds is 8. The minimum absolute atomic E-state index is 0.301. The molecule has 0 radical (unpaired) electrons. The van der Waals surface area contributed by atoms with E-state index < -0.39 is 9.84 Å². The van der Waals surface area contributed by atoms with Crippen molar-refractivity contribution in [3.63, 3.8) is 0 Å². The molecule has 102 valence electrons. The highest BCUT2D eigenvalue weighted by Gasteiger charge is 2.07. The highest BCUT2D eigenvalue weighted by Crippen LogP contribution is 2.17. The second-order valence-corrected chi connectivity index (χ2v) is 6.70. The van der Waals surface area contributed by atoms with Gasteiger partial charge in [-0.3, -0.25) is 0 Å². The summed E-state index contributed by atoms with van der Waals surface area (Å²) in [5, 5.41) is 0. The molecule has 0 amide bonds. The minimum Gasteiger partial charge on any atom is -0.494 e. The molecule has 0 unspecified atom stereocenters. The fourth-order valence-corrected chi connectivity index (χ4v) is 2.43. The van der Waals surface area contributed by atoms with Crippen molar-refractivity contribution in [2.45, 2.75) is 30.6 Å². The van der Waals surface area contributed by atoms with E-state index in [9.17, 15) is 8.42 Å². The second kappa shape index (κ2) is 7.69. The van der Waals surface area contributed by atoms with Gasteiger partial charge in [0.1, 0.15) is 5.75 Å². The zero-order valence-electron chi connectivity index (χ0n) is 10.6. The van der Waals surface area contributed by atoms with Gasteiger partial charge in [0.25, 0.3) is 0 Å². The zero-order valence-corrected chi connectivity index (χ0v) is 12.3. The van der Waals surface area contributed by atoms with E-state index in [1.54, 1.807) is 24.3 Å². The van der Waals surface area contributed by atoms with Crippen LogP contribution in [-0.2, 0) is 9.84 Å². The Balaban J connectivity index is 2.39. The van der Waals surface area contributed by atoms with Gasteiger partial charge in [-0.1, -0.05) is 18.9 Å². The summed E-state index contributed by atoms with van der Waals surface area (Å²) in [6, 6.07) is 6.63. The molecule has 0 aliphatic heterocycles. The monoisotopic (exact) mass is 288 g/mol. The minimum atomic E-state index is -3.16. The van der Waals surface area contributed by atoms with Gasteiger partial charge < -0.3 is 4.74 Å². The van der Waals surface area contributed by atoms with E-state index in [1.165, 1.54) is 6.26 Å². The number of benzene rings is 1. The van der Waals surface area contributed by atoms with Crippen LogP contribution in [0.4, 0.5) is 0 Å². The van der Waals surface area contributed by atoms with Gasteiger partial charge in [-0.05, 0) is 36.8 Å². The van der Waals surface area contributed by atoms with Crippen LogP contribution in [0.1, 0.15) is 25.7 Å². The molecule has 0 aliphatic rings. The van der Waals surface area contributed by atoms with Crippen LogP contribution in [0.3, 0.4) is 0 Å². The highest BCUT2D eigenvalue weighted by atomic mass is 32.2. The summed E-state index contributed by atoms with van der Waals surface area (Å²) in [5.74, 6) is 1.55. The SMILES string of the molecule is CS(=O)(=O)c1cccc(OCCCCCCS)c1. The average molecular weight is 288 g/mol. The molecule has 0 saturated carbocycles. The molecular formula is C13H20O3S2. The van der Waals surface area contributed by atoms with Crippen molar-refractivity contribution in [2.24, 2.45) is 0 Å². The maximum atomic E-state index is 11.4. The first-order valence-corrected chi connectivity index (χ1v) is 8.60. The summed E-state index contributed by atoms with van der Waals surface area (Å²) >= 11 is 4.15. The molecule has 18 heavy (non-hydrogen) atoms. The van der Waals surface area contributed by atoms with Crippen molar-refractivity contribution in [3.05, 3.63) is 24.3 Å². The Morgan fingerprint density at radius 3 is 2.56 bits per heavy atom. The van der Waals surface area contributed by atoms with Crippen molar-refractivity contribution in [2.75, 3.05) is 18.6 Å². The molecule has 0 aliphatic carbocycles. The highest BCUT2D eigenvalue weighted by molar-refractivity contribution is 7.90. The van der Waals surface area contributed by atoms with E-state index in [1.807, 2.05) is 0 Å². The lowest BCUT2D eigenvalue weighted by molar-refractivity contribution is 0.304. The van der Waals surface area contributed by atoms with Crippen LogP contribution in [0, 0.1) is 0 Å². The summed E-state index contributed by atoms with van der Waals surface area (Å²) in [5.41, 5.74) is 0. The maximum Gasteiger partial charge on any atom is 0.175 e. The normalized spacial score (nSPS) is 11.4. The van der Waals surface area contributed by atoms with Crippen molar-refractivity contribution in [3.8, 4) is 5.75 Å². The van der Waals surface area contributed by atoms with Crippen LogP contribution in [-0.4, -0.2) is 27.0 Å². The smallest absolute Gasteiger partial charge is 0.175 e. The van der Waals surface area contributed by atoms with Crippen LogP contribution in [0.5, 0.6) is 5.75 Å². The standard InChI is InChI=1S/C13H20O3S2/c1-18(14,15)13-8-6-7-12(11-13)16-9-4-2-3-5-10-17/h6-8,11,17H,2-5,9-10H2,1H3. The molecule has 1 aromatic carbocycles. The van der Waals surface area contributed by atoms with Crippen LogP contribution in [0.25, 0.3) is 0 Å².